The van der Waals surface area contributed by atoms with Gasteiger partial charge < -0.3 is 10.6 Å². The number of benzene rings is 1. The number of amides is 1. The second-order valence-corrected chi connectivity index (χ2v) is 5.57. The van der Waals surface area contributed by atoms with Crippen molar-refractivity contribution in [2.75, 3.05) is 11.9 Å². The number of nitrogens with one attached hydrogen (secondary N) is 2. The summed E-state index contributed by atoms with van der Waals surface area (Å²) in [6.45, 7) is 3.02. The van der Waals surface area contributed by atoms with Crippen LogP contribution in [0.4, 0.5) is 5.69 Å². The lowest BCUT2D eigenvalue weighted by Gasteiger charge is -2.26. The number of aromatic nitrogens is 2. The summed E-state index contributed by atoms with van der Waals surface area (Å²) in [6.07, 6.45) is 5.31. The summed E-state index contributed by atoms with van der Waals surface area (Å²) in [5.74, 6) is 0.178. The minimum atomic E-state index is 0. The molecule has 2 N–H and O–H groups in total. The number of hydrogen-bond donors (Lipinski definition) is 2. The van der Waals surface area contributed by atoms with Crippen molar-refractivity contribution in [1.29, 1.82) is 0 Å². The second-order valence-electron chi connectivity index (χ2n) is 5.57. The molecular formula is C16H21ClN4O. The lowest BCUT2D eigenvalue weighted by atomic mass is 9.92. The van der Waals surface area contributed by atoms with Gasteiger partial charge in [0, 0.05) is 12.0 Å². The van der Waals surface area contributed by atoms with Gasteiger partial charge in [-0.3, -0.25) is 4.79 Å². The predicted molar refractivity (Wildman–Crippen MR) is 89.6 cm³/mol. The number of piperidine rings is 1. The number of hydrogen-bond acceptors (Lipinski definition) is 3. The van der Waals surface area contributed by atoms with Gasteiger partial charge in [-0.2, -0.15) is 5.10 Å². The lowest BCUT2D eigenvalue weighted by molar-refractivity contribution is -0.120. The summed E-state index contributed by atoms with van der Waals surface area (Å²) < 4.78 is 1.76. The van der Waals surface area contributed by atoms with E-state index in [4.69, 9.17) is 0 Å². The van der Waals surface area contributed by atoms with Gasteiger partial charge in [0.05, 0.1) is 23.8 Å². The summed E-state index contributed by atoms with van der Waals surface area (Å²) in [6, 6.07) is 10.3. The molecule has 2 aromatic rings. The van der Waals surface area contributed by atoms with E-state index in [1.165, 1.54) is 0 Å². The number of carbonyl (C=O) groups excluding carboxylic acids is 1. The van der Waals surface area contributed by atoms with Gasteiger partial charge in [-0.15, -0.1) is 12.4 Å². The first-order valence-electron chi connectivity index (χ1n) is 7.37. The maximum absolute atomic E-state index is 12.3. The third-order valence-corrected chi connectivity index (χ3v) is 3.87. The Kier molecular flexibility index (Phi) is 5.57. The van der Waals surface area contributed by atoms with Gasteiger partial charge in [-0.25, -0.2) is 4.68 Å². The Balaban J connectivity index is 0.00000176. The molecule has 1 aromatic heterocycles. The highest BCUT2D eigenvalue weighted by Crippen LogP contribution is 2.19. The van der Waals surface area contributed by atoms with Gasteiger partial charge >= 0.3 is 0 Å². The van der Waals surface area contributed by atoms with E-state index in [1.54, 1.807) is 10.9 Å². The lowest BCUT2D eigenvalue weighted by Crippen LogP contribution is -2.40. The first-order valence-corrected chi connectivity index (χ1v) is 7.37. The molecule has 1 aromatic carbocycles. The van der Waals surface area contributed by atoms with Crippen LogP contribution in [0.25, 0.3) is 5.69 Å². The zero-order valence-corrected chi connectivity index (χ0v) is 13.3. The van der Waals surface area contributed by atoms with Gasteiger partial charge in [0.1, 0.15) is 0 Å². The zero-order chi connectivity index (χ0) is 14.7. The van der Waals surface area contributed by atoms with Crippen molar-refractivity contribution in [3.8, 4) is 5.69 Å². The van der Waals surface area contributed by atoms with Crippen molar-refractivity contribution in [1.82, 2.24) is 15.1 Å². The molecule has 0 radical (unpaired) electrons. The molecule has 1 amide bonds. The number of nitrogens with zero attached hydrogens (tertiary/aromatic N) is 2. The molecule has 1 aliphatic heterocycles. The molecule has 0 unspecified atom stereocenters. The fourth-order valence-corrected chi connectivity index (χ4v) is 2.72. The van der Waals surface area contributed by atoms with Crippen LogP contribution in [-0.2, 0) is 4.79 Å². The third kappa shape index (κ3) is 3.87. The summed E-state index contributed by atoms with van der Waals surface area (Å²) >= 11 is 0. The van der Waals surface area contributed by atoms with Crippen LogP contribution >= 0.6 is 12.4 Å². The monoisotopic (exact) mass is 320 g/mol. The highest BCUT2D eigenvalue weighted by molar-refractivity contribution is 5.92. The maximum atomic E-state index is 12.3. The Labute approximate surface area is 136 Å². The van der Waals surface area contributed by atoms with Crippen molar-refractivity contribution in [2.24, 2.45) is 5.92 Å². The van der Waals surface area contributed by atoms with Gasteiger partial charge in [0.2, 0.25) is 5.91 Å². The predicted octanol–water partition coefficient (Wildman–Crippen LogP) is 2.62. The molecule has 1 saturated heterocycles. The van der Waals surface area contributed by atoms with E-state index in [1.807, 2.05) is 36.5 Å². The quantitative estimate of drug-likeness (QED) is 0.914. The van der Waals surface area contributed by atoms with Crippen molar-refractivity contribution in [3.05, 3.63) is 42.7 Å². The van der Waals surface area contributed by atoms with Crippen LogP contribution < -0.4 is 10.6 Å². The van der Waals surface area contributed by atoms with E-state index in [0.29, 0.717) is 6.04 Å². The Morgan fingerprint density at radius 2 is 2.14 bits per heavy atom. The van der Waals surface area contributed by atoms with Crippen LogP contribution in [0.1, 0.15) is 19.8 Å². The highest BCUT2D eigenvalue weighted by atomic mass is 35.5. The molecule has 2 heterocycles. The van der Waals surface area contributed by atoms with Crippen molar-refractivity contribution >= 4 is 24.0 Å². The number of halogens is 1. The van der Waals surface area contributed by atoms with E-state index in [9.17, 15) is 4.79 Å². The molecule has 1 aliphatic rings. The molecule has 0 bridgehead atoms. The number of carbonyl (C=O) groups is 1. The van der Waals surface area contributed by atoms with E-state index in [-0.39, 0.29) is 24.2 Å². The van der Waals surface area contributed by atoms with E-state index < -0.39 is 0 Å². The SMILES string of the molecule is C[C@H]1C[C@@H](C(=O)Nc2cnn(-c3ccccc3)c2)CCN1.Cl. The Hall–Kier alpha value is -1.85. The van der Waals surface area contributed by atoms with Gasteiger partial charge in [0.25, 0.3) is 0 Å². The third-order valence-electron chi connectivity index (χ3n) is 3.87. The highest BCUT2D eigenvalue weighted by Gasteiger charge is 2.24. The summed E-state index contributed by atoms with van der Waals surface area (Å²) in [7, 11) is 0. The average molecular weight is 321 g/mol. The molecule has 22 heavy (non-hydrogen) atoms. The first kappa shape index (κ1) is 16.5. The number of rotatable bonds is 3. The van der Waals surface area contributed by atoms with Crippen LogP contribution in [0, 0.1) is 5.92 Å². The van der Waals surface area contributed by atoms with Crippen LogP contribution in [0.2, 0.25) is 0 Å². The van der Waals surface area contributed by atoms with E-state index in [2.05, 4.69) is 22.7 Å². The minimum absolute atomic E-state index is 0. The Bertz CT molecular complexity index is 614. The van der Waals surface area contributed by atoms with Crippen LogP contribution in [-0.4, -0.2) is 28.3 Å². The maximum Gasteiger partial charge on any atom is 0.227 e. The van der Waals surface area contributed by atoms with Gasteiger partial charge in [-0.1, -0.05) is 18.2 Å². The standard InChI is InChI=1S/C16H20N4O.ClH/c1-12-9-13(7-8-17-12)16(21)19-14-10-18-20(11-14)15-5-3-2-4-6-15;/h2-6,10-13,17H,7-9H2,1H3,(H,19,21);1H/t12-,13-;/m0./s1. The minimum Gasteiger partial charge on any atom is -0.323 e. The number of anilines is 1. The molecule has 0 aliphatic carbocycles. The fourth-order valence-electron chi connectivity index (χ4n) is 2.72. The molecule has 118 valence electrons. The molecule has 0 saturated carbocycles. The molecule has 1 fully saturated rings. The van der Waals surface area contributed by atoms with Crippen LogP contribution in [0.5, 0.6) is 0 Å². The normalized spacial score (nSPS) is 21.0. The van der Waals surface area contributed by atoms with E-state index >= 15 is 0 Å². The topological polar surface area (TPSA) is 59.0 Å². The van der Waals surface area contributed by atoms with Crippen LogP contribution in [0.3, 0.4) is 0 Å². The largest absolute Gasteiger partial charge is 0.323 e. The van der Waals surface area contributed by atoms with Gasteiger partial charge in [0.15, 0.2) is 0 Å². The molecule has 3 rings (SSSR count). The Morgan fingerprint density at radius 3 is 2.86 bits per heavy atom. The summed E-state index contributed by atoms with van der Waals surface area (Å²) in [4.78, 5) is 12.3. The molecule has 0 spiro atoms. The fraction of sp³-hybridized carbons (Fsp3) is 0.375. The smallest absolute Gasteiger partial charge is 0.227 e. The van der Waals surface area contributed by atoms with Crippen molar-refractivity contribution in [2.45, 2.75) is 25.8 Å². The summed E-state index contributed by atoms with van der Waals surface area (Å²) in [5, 5.41) is 10.6. The molecule has 2 atom stereocenters. The number of para-hydroxylation sites is 1. The van der Waals surface area contributed by atoms with Crippen molar-refractivity contribution in [3.63, 3.8) is 0 Å². The van der Waals surface area contributed by atoms with Crippen LogP contribution in [0.15, 0.2) is 42.7 Å². The molecule has 5 nitrogen and oxygen atoms in total. The Morgan fingerprint density at radius 1 is 1.36 bits per heavy atom. The molecular weight excluding hydrogens is 300 g/mol. The van der Waals surface area contributed by atoms with Crippen molar-refractivity contribution < 1.29 is 4.79 Å². The molecule has 6 heteroatoms. The first-order chi connectivity index (χ1) is 10.2. The van der Waals surface area contributed by atoms with Gasteiger partial charge in [-0.05, 0) is 38.4 Å². The zero-order valence-electron chi connectivity index (χ0n) is 12.5. The second kappa shape index (κ2) is 7.42. The summed E-state index contributed by atoms with van der Waals surface area (Å²) in [5.41, 5.74) is 1.73. The van der Waals surface area contributed by atoms with E-state index in [0.717, 1.165) is 30.8 Å². The average Bonchev–Trinajstić information content (AvgIpc) is 2.97.